The number of ether oxygens (including phenoxy) is 1. The minimum absolute atomic E-state index is 0.0167. The van der Waals surface area contributed by atoms with Gasteiger partial charge in [0.25, 0.3) is 0 Å². The molecule has 2 atom stereocenters. The van der Waals surface area contributed by atoms with E-state index in [1.165, 1.54) is 18.3 Å². The van der Waals surface area contributed by atoms with E-state index in [1.807, 2.05) is 13.8 Å². The summed E-state index contributed by atoms with van der Waals surface area (Å²) in [4.78, 5) is 6.65. The van der Waals surface area contributed by atoms with E-state index in [-0.39, 0.29) is 17.9 Å². The molecule has 2 aliphatic rings. The van der Waals surface area contributed by atoms with E-state index in [9.17, 15) is 18.6 Å². The third kappa shape index (κ3) is 4.63. The van der Waals surface area contributed by atoms with Gasteiger partial charge in [-0.25, -0.2) is 4.39 Å². The Balaban J connectivity index is 1.55. The third-order valence-electron chi connectivity index (χ3n) is 6.45. The lowest BCUT2D eigenvalue weighted by Crippen LogP contribution is -2.57. The number of aromatic nitrogens is 1. The van der Waals surface area contributed by atoms with Crippen molar-refractivity contribution < 1.29 is 23.3 Å². The fraction of sp³-hybridized carbons (Fsp3) is 0.522. The van der Waals surface area contributed by atoms with Gasteiger partial charge >= 0.3 is 0 Å². The maximum absolute atomic E-state index is 14.0. The molecule has 3 heterocycles. The van der Waals surface area contributed by atoms with Gasteiger partial charge in [0.2, 0.25) is 0 Å². The Kier molecular flexibility index (Phi) is 6.49. The molecule has 0 bridgehead atoms. The van der Waals surface area contributed by atoms with Crippen LogP contribution in [0.25, 0.3) is 0 Å². The lowest BCUT2D eigenvalue weighted by Gasteiger charge is -2.51. The molecule has 3 N–H and O–H groups in total. The predicted octanol–water partition coefficient (Wildman–Crippen LogP) is 4.47. The second-order valence-corrected chi connectivity index (χ2v) is 11.3. The van der Waals surface area contributed by atoms with Crippen molar-refractivity contribution in [1.82, 2.24) is 14.2 Å². The number of hydrogen-bond donors (Lipinski definition) is 3. The van der Waals surface area contributed by atoms with Gasteiger partial charge in [0.15, 0.2) is 11.5 Å². The van der Waals surface area contributed by atoms with Crippen molar-refractivity contribution in [1.29, 1.82) is 0 Å². The minimum atomic E-state index is -3.24. The number of pyridine rings is 1. The number of piperidine rings is 1. The van der Waals surface area contributed by atoms with Gasteiger partial charge < -0.3 is 9.84 Å². The second kappa shape index (κ2) is 8.92. The Morgan fingerprint density at radius 1 is 1.30 bits per heavy atom. The molecule has 1 spiro atoms. The smallest absolute Gasteiger partial charge is 0.176 e. The topological polar surface area (TPSA) is 92.5 Å². The molecule has 33 heavy (non-hydrogen) atoms. The first-order valence-corrected chi connectivity index (χ1v) is 12.6. The summed E-state index contributed by atoms with van der Waals surface area (Å²) in [6, 6.07) is 7.93. The van der Waals surface area contributed by atoms with Gasteiger partial charge in [-0.3, -0.25) is 23.3 Å². The first kappa shape index (κ1) is 24.0. The molecular formula is C23H33FN4O4S. The van der Waals surface area contributed by atoms with Gasteiger partial charge in [-0.2, -0.15) is 4.31 Å². The molecule has 0 amide bonds. The van der Waals surface area contributed by atoms with Gasteiger partial charge in [-0.05, 0) is 51.8 Å². The molecule has 2 saturated heterocycles. The molecule has 182 valence electrons. The van der Waals surface area contributed by atoms with Crippen LogP contribution in [0, 0.1) is 5.82 Å². The fourth-order valence-electron chi connectivity index (χ4n) is 5.01. The fourth-order valence-corrected chi connectivity index (χ4v) is 6.84. The summed E-state index contributed by atoms with van der Waals surface area (Å²) >= 11 is 0. The number of likely N-dealkylation sites (N-methyl/N-ethyl adjacent to an activating group) is 1. The van der Waals surface area contributed by atoms with E-state index >= 15 is 0 Å². The zero-order chi connectivity index (χ0) is 24.0. The average molecular weight is 481 g/mol. The molecule has 8 nitrogen and oxygen atoms in total. The highest BCUT2D eigenvalue weighted by Crippen LogP contribution is 2.61. The number of likely N-dealkylation sites (tertiary alicyclic amines) is 1. The van der Waals surface area contributed by atoms with Crippen LogP contribution in [0.5, 0.6) is 11.5 Å². The van der Waals surface area contributed by atoms with E-state index in [2.05, 4.69) is 16.8 Å². The van der Waals surface area contributed by atoms with Crippen molar-refractivity contribution in [3.05, 3.63) is 48.0 Å². The third-order valence-corrected chi connectivity index (χ3v) is 8.50. The van der Waals surface area contributed by atoms with E-state index in [4.69, 9.17) is 4.74 Å². The number of anilines is 1. The van der Waals surface area contributed by atoms with Gasteiger partial charge in [0.05, 0.1) is 29.2 Å². The van der Waals surface area contributed by atoms with Crippen LogP contribution < -0.4 is 9.04 Å². The maximum atomic E-state index is 14.0. The summed E-state index contributed by atoms with van der Waals surface area (Å²) in [6.45, 7) is 7.68. The highest BCUT2D eigenvalue weighted by atomic mass is 32.3. The zero-order valence-electron chi connectivity index (χ0n) is 19.5. The number of hydrogen-bond acceptors (Lipinski definition) is 8. The summed E-state index contributed by atoms with van der Waals surface area (Å²) in [5.74, 6) is 0.0264. The van der Waals surface area contributed by atoms with E-state index in [1.54, 1.807) is 33.9 Å². The minimum Gasteiger partial charge on any atom is -0.503 e. The molecule has 1 aromatic carbocycles. The average Bonchev–Trinajstić information content (AvgIpc) is 2.91. The number of nitrogens with zero attached hydrogens (tertiary/aromatic N) is 4. The van der Waals surface area contributed by atoms with Crippen molar-refractivity contribution in [2.45, 2.75) is 57.8 Å². The van der Waals surface area contributed by atoms with Crippen molar-refractivity contribution in [2.75, 3.05) is 24.4 Å². The Labute approximate surface area is 196 Å². The number of halogens is 1. The van der Waals surface area contributed by atoms with Crippen molar-refractivity contribution in [3.63, 3.8) is 0 Å². The lowest BCUT2D eigenvalue weighted by atomic mass is 9.83. The van der Waals surface area contributed by atoms with Crippen molar-refractivity contribution in [2.24, 2.45) is 0 Å². The highest BCUT2D eigenvalue weighted by molar-refractivity contribution is 8.23. The summed E-state index contributed by atoms with van der Waals surface area (Å²) in [5.41, 5.74) is 0.753. The summed E-state index contributed by atoms with van der Waals surface area (Å²) in [5, 5.41) is 10.0. The molecule has 10 heteroatoms. The van der Waals surface area contributed by atoms with Crippen LogP contribution in [0.3, 0.4) is 0 Å². The number of rotatable bonds is 5. The van der Waals surface area contributed by atoms with Crippen molar-refractivity contribution in [3.8, 4) is 11.5 Å². The Morgan fingerprint density at radius 3 is 2.73 bits per heavy atom. The Morgan fingerprint density at radius 2 is 2.06 bits per heavy atom. The molecule has 2 aliphatic heterocycles. The number of aromatic hydroxyl groups is 1. The monoisotopic (exact) mass is 480 g/mol. The first-order valence-electron chi connectivity index (χ1n) is 11.2. The van der Waals surface area contributed by atoms with Crippen LogP contribution in [0.2, 0.25) is 0 Å². The van der Waals surface area contributed by atoms with Crippen LogP contribution in [0.4, 0.5) is 10.1 Å². The van der Waals surface area contributed by atoms with Crippen molar-refractivity contribution >= 4 is 16.6 Å². The number of benzene rings is 1. The molecule has 2 aromatic rings. The largest absolute Gasteiger partial charge is 0.503 e. The summed E-state index contributed by atoms with van der Waals surface area (Å²) < 4.78 is 44.9. The maximum Gasteiger partial charge on any atom is 0.176 e. The molecule has 2 fully saturated rings. The predicted molar refractivity (Wildman–Crippen MR) is 128 cm³/mol. The van der Waals surface area contributed by atoms with Gasteiger partial charge in [-0.1, -0.05) is 17.0 Å². The molecule has 0 radical (unpaired) electrons. The molecule has 4 rings (SSSR count). The standard InChI is InChI=1S/C23H33FN4O4S/c1-16(2)32-22-11-19(25-13-21(22)29)14-27-9-8-23(12-17(27)3)15-26(4)33(30,31)28(23)20-7-5-6-18(24)10-20/h5-7,10-11,13,16-17,29-31H,8-9,12,14-15H2,1-4H3/t17-,23+/m0/s1. The summed E-state index contributed by atoms with van der Waals surface area (Å²) in [6.07, 6.45) is 2.71. The van der Waals surface area contributed by atoms with E-state index in [0.717, 1.165) is 5.69 Å². The lowest BCUT2D eigenvalue weighted by molar-refractivity contribution is 0.0990. The van der Waals surface area contributed by atoms with Crippen LogP contribution in [0.1, 0.15) is 39.3 Å². The van der Waals surface area contributed by atoms with E-state index < -0.39 is 22.3 Å². The van der Waals surface area contributed by atoms with Gasteiger partial charge in [-0.15, -0.1) is 0 Å². The normalized spacial score (nSPS) is 26.8. The van der Waals surface area contributed by atoms with E-state index in [0.29, 0.717) is 43.9 Å². The van der Waals surface area contributed by atoms with Gasteiger partial charge in [0.1, 0.15) is 5.82 Å². The Bertz CT molecular complexity index is 1010. The molecule has 0 aliphatic carbocycles. The molecule has 0 unspecified atom stereocenters. The quantitative estimate of drug-likeness (QED) is 0.577. The van der Waals surface area contributed by atoms with Gasteiger partial charge in [0, 0.05) is 38.8 Å². The first-order chi connectivity index (χ1) is 15.5. The SMILES string of the molecule is CC(C)Oc1cc(CN2CC[C@@]3(C[C@@H]2C)CN(C)S(O)(O)N3c2cccc(F)c2)ncc1O. The second-order valence-electron chi connectivity index (χ2n) is 9.36. The zero-order valence-corrected chi connectivity index (χ0v) is 20.3. The van der Waals surface area contributed by atoms with Crippen LogP contribution in [-0.4, -0.2) is 66.2 Å². The summed E-state index contributed by atoms with van der Waals surface area (Å²) in [7, 11) is -1.54. The van der Waals surface area contributed by atoms with Crippen LogP contribution >= 0.6 is 11.0 Å². The van der Waals surface area contributed by atoms with Crippen LogP contribution in [0.15, 0.2) is 36.5 Å². The molecule has 1 aromatic heterocycles. The molecule has 0 saturated carbocycles. The molecular weight excluding hydrogens is 447 g/mol. The van der Waals surface area contributed by atoms with Crippen LogP contribution in [-0.2, 0) is 6.54 Å². The Hall–Kier alpha value is -2.11. The highest BCUT2D eigenvalue weighted by Gasteiger charge is 2.55.